The fourth-order valence-electron chi connectivity index (χ4n) is 4.09. The first-order valence-electron chi connectivity index (χ1n) is 11.6. The van der Waals surface area contributed by atoms with Crippen LogP contribution < -0.4 is 0 Å². The third-order valence-corrected chi connectivity index (χ3v) is 7.17. The minimum atomic E-state index is -0.322. The summed E-state index contributed by atoms with van der Waals surface area (Å²) in [6.07, 6.45) is 1.70. The number of aryl methyl sites for hydroxylation is 1. The van der Waals surface area contributed by atoms with Crippen LogP contribution in [0.4, 0.5) is 4.39 Å². The molecule has 1 aliphatic heterocycles. The van der Waals surface area contributed by atoms with Gasteiger partial charge in [-0.25, -0.2) is 4.39 Å². The molecule has 1 aliphatic rings. The van der Waals surface area contributed by atoms with Crippen molar-refractivity contribution in [3.8, 4) is 0 Å². The molecular weight excluding hydrogens is 487 g/mol. The average Bonchev–Trinajstić information content (AvgIpc) is 3.51. The van der Waals surface area contributed by atoms with E-state index in [0.29, 0.717) is 36.8 Å². The topological polar surface area (TPSA) is 49.9 Å². The second-order valence-electron chi connectivity index (χ2n) is 8.72. The molecule has 35 heavy (non-hydrogen) atoms. The van der Waals surface area contributed by atoms with Gasteiger partial charge in [-0.1, -0.05) is 23.7 Å². The lowest BCUT2D eigenvalue weighted by molar-refractivity contribution is -0.133. The van der Waals surface area contributed by atoms with E-state index in [0.717, 1.165) is 28.2 Å². The number of carbonyl (C=O) groups excluding carboxylic acids is 2. The van der Waals surface area contributed by atoms with E-state index in [1.807, 2.05) is 19.1 Å². The van der Waals surface area contributed by atoms with E-state index in [1.165, 1.54) is 12.1 Å². The van der Waals surface area contributed by atoms with Gasteiger partial charge in [-0.15, -0.1) is 11.3 Å². The van der Waals surface area contributed by atoms with Gasteiger partial charge in [-0.05, 0) is 73.9 Å². The third kappa shape index (κ3) is 7.13. The summed E-state index contributed by atoms with van der Waals surface area (Å²) < 4.78 is 19.2. The first kappa shape index (κ1) is 25.4. The molecule has 0 spiro atoms. The van der Waals surface area contributed by atoms with Crippen LogP contribution in [0, 0.1) is 12.7 Å². The van der Waals surface area contributed by atoms with E-state index in [2.05, 4.69) is 0 Å². The molecule has 1 aromatic heterocycles. The Morgan fingerprint density at radius 2 is 1.77 bits per heavy atom. The summed E-state index contributed by atoms with van der Waals surface area (Å²) in [5.41, 5.74) is 1.29. The smallest absolute Gasteiger partial charge is 0.254 e. The van der Waals surface area contributed by atoms with E-state index in [-0.39, 0.29) is 30.3 Å². The Hall–Kier alpha value is -2.74. The van der Waals surface area contributed by atoms with Gasteiger partial charge in [0.15, 0.2) is 0 Å². The number of nitrogens with zero attached hydrogens (tertiary/aromatic N) is 2. The van der Waals surface area contributed by atoms with Crippen molar-refractivity contribution in [2.24, 2.45) is 0 Å². The monoisotopic (exact) mass is 514 g/mol. The van der Waals surface area contributed by atoms with Crippen molar-refractivity contribution >= 4 is 34.8 Å². The Morgan fingerprint density at radius 3 is 2.40 bits per heavy atom. The number of ether oxygens (including phenoxy) is 1. The summed E-state index contributed by atoms with van der Waals surface area (Å²) in [5.74, 6) is -0.739. The number of hydrogen-bond donors (Lipinski definition) is 0. The van der Waals surface area contributed by atoms with E-state index < -0.39 is 0 Å². The molecule has 8 heteroatoms. The van der Waals surface area contributed by atoms with Crippen LogP contribution in [0.15, 0.2) is 60.7 Å². The van der Waals surface area contributed by atoms with E-state index in [1.54, 1.807) is 57.5 Å². The SMILES string of the molecule is Cc1ccc(CN(Cc2ccc(F)cc2)C(=O)CN(C[C@H]2CCCO2)C(=O)c2ccc(Cl)cc2)s1. The van der Waals surface area contributed by atoms with Gasteiger partial charge in [0.25, 0.3) is 5.91 Å². The highest BCUT2D eigenvalue weighted by Crippen LogP contribution is 2.21. The second-order valence-corrected chi connectivity index (χ2v) is 10.5. The number of amides is 2. The van der Waals surface area contributed by atoms with Crippen LogP contribution in [0.1, 0.15) is 38.5 Å². The van der Waals surface area contributed by atoms with Crippen molar-refractivity contribution < 1.29 is 18.7 Å². The van der Waals surface area contributed by atoms with Crippen LogP contribution in [0.5, 0.6) is 0 Å². The molecule has 0 radical (unpaired) electrons. The molecule has 0 saturated carbocycles. The van der Waals surface area contributed by atoms with Gasteiger partial charge in [0.2, 0.25) is 5.91 Å². The van der Waals surface area contributed by atoms with Crippen LogP contribution in [-0.4, -0.2) is 47.4 Å². The average molecular weight is 515 g/mol. The summed E-state index contributed by atoms with van der Waals surface area (Å²) >= 11 is 7.63. The number of carbonyl (C=O) groups is 2. The predicted molar refractivity (Wildman–Crippen MR) is 136 cm³/mol. The van der Waals surface area contributed by atoms with E-state index in [4.69, 9.17) is 16.3 Å². The van der Waals surface area contributed by atoms with Crippen LogP contribution in [0.25, 0.3) is 0 Å². The molecule has 3 aromatic rings. The van der Waals surface area contributed by atoms with Crippen LogP contribution >= 0.6 is 22.9 Å². The summed E-state index contributed by atoms with van der Waals surface area (Å²) in [4.78, 5) is 32.5. The van der Waals surface area contributed by atoms with Crippen molar-refractivity contribution in [2.45, 2.75) is 39.0 Å². The van der Waals surface area contributed by atoms with Crippen molar-refractivity contribution in [1.29, 1.82) is 0 Å². The normalized spacial score (nSPS) is 15.2. The van der Waals surface area contributed by atoms with Crippen LogP contribution in [-0.2, 0) is 22.6 Å². The van der Waals surface area contributed by atoms with E-state index in [9.17, 15) is 14.0 Å². The largest absolute Gasteiger partial charge is 0.376 e. The van der Waals surface area contributed by atoms with E-state index >= 15 is 0 Å². The molecule has 0 N–H and O–H groups in total. The fourth-order valence-corrected chi connectivity index (χ4v) is 5.12. The number of hydrogen-bond acceptors (Lipinski definition) is 4. The Morgan fingerprint density at radius 1 is 1.03 bits per heavy atom. The molecule has 0 aliphatic carbocycles. The molecule has 2 heterocycles. The first-order chi connectivity index (χ1) is 16.9. The molecule has 184 valence electrons. The van der Waals surface area contributed by atoms with Crippen LogP contribution in [0.2, 0.25) is 5.02 Å². The van der Waals surface area contributed by atoms with Crippen molar-refractivity contribution in [1.82, 2.24) is 9.80 Å². The summed E-state index contributed by atoms with van der Waals surface area (Å²) in [6, 6.07) is 16.8. The van der Waals surface area contributed by atoms with Gasteiger partial charge in [-0.3, -0.25) is 9.59 Å². The Balaban J connectivity index is 1.55. The molecule has 1 atom stereocenters. The Kier molecular flexibility index (Phi) is 8.55. The lowest BCUT2D eigenvalue weighted by Crippen LogP contribution is -2.45. The standard InChI is InChI=1S/C27H28ClFN2O3S/c1-19-4-13-25(35-19)17-30(15-20-5-11-23(29)12-6-20)26(32)18-31(16-24-3-2-14-34-24)27(33)21-7-9-22(28)10-8-21/h4-13,24H,2-3,14-18H2,1H3/t24-/m1/s1. The summed E-state index contributed by atoms with van der Waals surface area (Å²) in [5, 5.41) is 0.542. The van der Waals surface area contributed by atoms with Crippen molar-refractivity contribution in [2.75, 3.05) is 19.7 Å². The maximum Gasteiger partial charge on any atom is 0.254 e. The zero-order chi connectivity index (χ0) is 24.8. The zero-order valence-corrected chi connectivity index (χ0v) is 21.2. The van der Waals surface area contributed by atoms with Gasteiger partial charge in [0, 0.05) is 40.0 Å². The number of halogens is 2. The quantitative estimate of drug-likeness (QED) is 0.368. The molecule has 5 nitrogen and oxygen atoms in total. The highest BCUT2D eigenvalue weighted by molar-refractivity contribution is 7.11. The molecule has 0 bridgehead atoms. The van der Waals surface area contributed by atoms with Gasteiger partial charge >= 0.3 is 0 Å². The first-order valence-corrected chi connectivity index (χ1v) is 12.8. The predicted octanol–water partition coefficient (Wildman–Crippen LogP) is 5.70. The maximum absolute atomic E-state index is 13.6. The van der Waals surface area contributed by atoms with Crippen molar-refractivity contribution in [3.05, 3.63) is 92.4 Å². The maximum atomic E-state index is 13.6. The lowest BCUT2D eigenvalue weighted by atomic mass is 10.1. The highest BCUT2D eigenvalue weighted by Gasteiger charge is 2.27. The minimum Gasteiger partial charge on any atom is -0.376 e. The van der Waals surface area contributed by atoms with Crippen LogP contribution in [0.3, 0.4) is 0 Å². The lowest BCUT2D eigenvalue weighted by Gasteiger charge is -2.29. The minimum absolute atomic E-state index is 0.0765. The summed E-state index contributed by atoms with van der Waals surface area (Å²) in [6.45, 7) is 3.68. The molecule has 0 unspecified atom stereocenters. The highest BCUT2D eigenvalue weighted by atomic mass is 35.5. The number of benzene rings is 2. The summed E-state index contributed by atoms with van der Waals surface area (Å²) in [7, 11) is 0. The molecular formula is C27H28ClFN2O3S. The van der Waals surface area contributed by atoms with Gasteiger partial charge in [0.1, 0.15) is 12.4 Å². The number of thiophene rings is 1. The van der Waals surface area contributed by atoms with Crippen molar-refractivity contribution in [3.63, 3.8) is 0 Å². The van der Waals surface area contributed by atoms with Gasteiger partial charge < -0.3 is 14.5 Å². The molecule has 2 amide bonds. The Labute approximate surface area is 214 Å². The molecule has 4 rings (SSSR count). The zero-order valence-electron chi connectivity index (χ0n) is 19.6. The molecule has 2 aromatic carbocycles. The third-order valence-electron chi connectivity index (χ3n) is 5.93. The molecule has 1 saturated heterocycles. The Bertz CT molecular complexity index is 1140. The number of rotatable bonds is 9. The van der Waals surface area contributed by atoms with Gasteiger partial charge in [0.05, 0.1) is 12.6 Å². The molecule has 1 fully saturated rings. The van der Waals surface area contributed by atoms with Gasteiger partial charge in [-0.2, -0.15) is 0 Å². The fraction of sp³-hybridized carbons (Fsp3) is 0.333. The second kappa shape index (κ2) is 11.8.